The molecule has 150 valence electrons. The van der Waals surface area contributed by atoms with Gasteiger partial charge in [0, 0.05) is 23.5 Å². The summed E-state index contributed by atoms with van der Waals surface area (Å²) in [7, 11) is 1.51. The van der Waals surface area contributed by atoms with Crippen LogP contribution < -0.4 is 15.4 Å². The zero-order chi connectivity index (χ0) is 20.2. The van der Waals surface area contributed by atoms with Gasteiger partial charge in [0.1, 0.15) is 11.3 Å². The van der Waals surface area contributed by atoms with Crippen LogP contribution in [0.15, 0.2) is 52.9 Å². The van der Waals surface area contributed by atoms with E-state index in [2.05, 4.69) is 15.6 Å². The van der Waals surface area contributed by atoms with Crippen molar-refractivity contribution in [1.82, 2.24) is 15.6 Å². The van der Waals surface area contributed by atoms with Crippen molar-refractivity contribution >= 4 is 22.8 Å². The molecule has 1 saturated carbocycles. The fraction of sp³-hybridized carbons (Fsp3) is 0.318. The van der Waals surface area contributed by atoms with Gasteiger partial charge in [-0.05, 0) is 31.0 Å². The van der Waals surface area contributed by atoms with Crippen molar-refractivity contribution in [2.45, 2.75) is 37.8 Å². The number of nitrogens with one attached hydrogen (secondary N) is 2. The quantitative estimate of drug-likeness (QED) is 0.694. The van der Waals surface area contributed by atoms with Crippen molar-refractivity contribution in [3.8, 4) is 5.88 Å². The van der Waals surface area contributed by atoms with Gasteiger partial charge >= 0.3 is 0 Å². The normalized spacial score (nSPS) is 18.9. The summed E-state index contributed by atoms with van der Waals surface area (Å²) in [4.78, 5) is 29.5. The number of pyridine rings is 1. The molecule has 0 unspecified atom stereocenters. The van der Waals surface area contributed by atoms with Gasteiger partial charge in [0.2, 0.25) is 5.88 Å². The van der Waals surface area contributed by atoms with Gasteiger partial charge in [0.05, 0.1) is 7.11 Å². The van der Waals surface area contributed by atoms with E-state index >= 15 is 0 Å². The van der Waals surface area contributed by atoms with Crippen LogP contribution in [0.3, 0.4) is 0 Å². The Labute approximate surface area is 168 Å². The van der Waals surface area contributed by atoms with Crippen LogP contribution in [0.5, 0.6) is 5.88 Å². The molecule has 1 aliphatic carbocycles. The molecule has 0 bridgehead atoms. The molecule has 2 heterocycles. The fourth-order valence-corrected chi connectivity index (χ4v) is 3.71. The number of hydrogen-bond acceptors (Lipinski definition) is 5. The second kappa shape index (κ2) is 8.34. The second-order valence-electron chi connectivity index (χ2n) is 7.16. The van der Waals surface area contributed by atoms with Crippen molar-refractivity contribution in [1.29, 1.82) is 0 Å². The molecule has 3 aromatic rings. The smallest absolute Gasteiger partial charge is 0.287 e. The van der Waals surface area contributed by atoms with Crippen molar-refractivity contribution in [3.63, 3.8) is 0 Å². The molecule has 4 rings (SSSR count). The summed E-state index contributed by atoms with van der Waals surface area (Å²) >= 11 is 0. The van der Waals surface area contributed by atoms with Gasteiger partial charge in [0.25, 0.3) is 11.8 Å². The second-order valence-corrected chi connectivity index (χ2v) is 7.16. The van der Waals surface area contributed by atoms with Crippen molar-refractivity contribution in [3.05, 3.63) is 60.0 Å². The Balaban J connectivity index is 1.45. The average Bonchev–Trinajstić information content (AvgIpc) is 3.19. The first-order valence-corrected chi connectivity index (χ1v) is 9.75. The Bertz CT molecular complexity index is 997. The van der Waals surface area contributed by atoms with Gasteiger partial charge in [-0.1, -0.05) is 37.1 Å². The minimum atomic E-state index is -0.279. The van der Waals surface area contributed by atoms with E-state index in [9.17, 15) is 9.59 Å². The third-order valence-corrected chi connectivity index (χ3v) is 5.21. The zero-order valence-electron chi connectivity index (χ0n) is 16.2. The van der Waals surface area contributed by atoms with Crippen molar-refractivity contribution in [2.24, 2.45) is 0 Å². The number of carbonyl (C=O) groups excluding carboxylic acids is 2. The van der Waals surface area contributed by atoms with Gasteiger partial charge in [0.15, 0.2) is 5.76 Å². The van der Waals surface area contributed by atoms with Crippen LogP contribution in [0.25, 0.3) is 11.0 Å². The maximum absolute atomic E-state index is 12.7. The van der Waals surface area contributed by atoms with E-state index < -0.39 is 0 Å². The highest BCUT2D eigenvalue weighted by atomic mass is 16.5. The standard InChI is InChI=1S/C22H23N3O4/c1-28-20-12-6-10-17(23-20)21(26)24-15-8-3-4-9-16(15)25-22(27)19-13-14-7-2-5-11-18(14)29-19/h2,5-7,10-13,15-16H,3-4,8-9H2,1H3,(H,24,26)(H,25,27)/t15-,16-/m1/s1. The number of carbonyl (C=O) groups is 2. The molecule has 2 amide bonds. The lowest BCUT2D eigenvalue weighted by atomic mass is 9.90. The predicted molar refractivity (Wildman–Crippen MR) is 108 cm³/mol. The van der Waals surface area contributed by atoms with E-state index in [-0.39, 0.29) is 35.4 Å². The maximum atomic E-state index is 12.7. The Hall–Kier alpha value is -3.35. The summed E-state index contributed by atoms with van der Waals surface area (Å²) in [6.45, 7) is 0. The number of benzene rings is 1. The molecule has 0 spiro atoms. The number of ether oxygens (including phenoxy) is 1. The number of para-hydroxylation sites is 1. The van der Waals surface area contributed by atoms with Gasteiger partial charge in [-0.3, -0.25) is 9.59 Å². The summed E-state index contributed by atoms with van der Waals surface area (Å²) < 4.78 is 10.7. The van der Waals surface area contributed by atoms with E-state index in [1.807, 2.05) is 24.3 Å². The third-order valence-electron chi connectivity index (χ3n) is 5.21. The first-order chi connectivity index (χ1) is 14.1. The molecule has 2 atom stereocenters. The number of aromatic nitrogens is 1. The SMILES string of the molecule is COc1cccc(C(=O)N[C@@H]2CCCC[C@H]2NC(=O)c2cc3ccccc3o2)n1. The van der Waals surface area contributed by atoms with Crippen LogP contribution >= 0.6 is 0 Å². The molecule has 1 aromatic carbocycles. The lowest BCUT2D eigenvalue weighted by Crippen LogP contribution is -2.53. The number of amides is 2. The Morgan fingerprint density at radius 3 is 2.45 bits per heavy atom. The van der Waals surface area contributed by atoms with Crippen molar-refractivity contribution < 1.29 is 18.7 Å². The monoisotopic (exact) mass is 393 g/mol. The van der Waals surface area contributed by atoms with E-state index in [4.69, 9.17) is 9.15 Å². The molecule has 1 fully saturated rings. The number of nitrogens with zero attached hydrogens (tertiary/aromatic N) is 1. The largest absolute Gasteiger partial charge is 0.481 e. The summed E-state index contributed by atoms with van der Waals surface area (Å²) in [6.07, 6.45) is 3.57. The Morgan fingerprint density at radius 1 is 1.00 bits per heavy atom. The lowest BCUT2D eigenvalue weighted by molar-refractivity contribution is 0.0846. The summed E-state index contributed by atoms with van der Waals surface area (Å²) in [5.41, 5.74) is 0.965. The third kappa shape index (κ3) is 4.23. The molecule has 0 saturated heterocycles. The fourth-order valence-electron chi connectivity index (χ4n) is 3.71. The zero-order valence-corrected chi connectivity index (χ0v) is 16.2. The molecule has 2 N–H and O–H groups in total. The molecule has 7 heteroatoms. The van der Waals surface area contributed by atoms with E-state index in [0.717, 1.165) is 31.1 Å². The average molecular weight is 393 g/mol. The van der Waals surface area contributed by atoms with Crippen LogP contribution in [-0.4, -0.2) is 36.0 Å². The van der Waals surface area contributed by atoms with Crippen LogP contribution in [0.4, 0.5) is 0 Å². The van der Waals surface area contributed by atoms with Gasteiger partial charge in [-0.2, -0.15) is 0 Å². The Morgan fingerprint density at radius 2 is 1.72 bits per heavy atom. The van der Waals surface area contributed by atoms with Crippen LogP contribution in [-0.2, 0) is 0 Å². The highest BCUT2D eigenvalue weighted by molar-refractivity contribution is 5.96. The van der Waals surface area contributed by atoms with E-state index in [1.54, 1.807) is 24.3 Å². The summed E-state index contributed by atoms with van der Waals surface area (Å²) in [6, 6.07) is 14.0. The molecule has 2 aromatic heterocycles. The maximum Gasteiger partial charge on any atom is 0.287 e. The Kier molecular flexibility index (Phi) is 5.46. The summed E-state index contributed by atoms with van der Waals surface area (Å²) in [5, 5.41) is 6.94. The molecule has 0 aliphatic heterocycles. The first-order valence-electron chi connectivity index (χ1n) is 9.75. The molecular weight excluding hydrogens is 370 g/mol. The molecule has 0 radical (unpaired) electrons. The highest BCUT2D eigenvalue weighted by Crippen LogP contribution is 2.22. The topological polar surface area (TPSA) is 93.5 Å². The number of furan rings is 1. The number of methoxy groups -OCH3 is 1. The van der Waals surface area contributed by atoms with E-state index in [1.165, 1.54) is 7.11 Å². The molecule has 1 aliphatic rings. The predicted octanol–water partition coefficient (Wildman–Crippen LogP) is 3.31. The van der Waals surface area contributed by atoms with Crippen molar-refractivity contribution in [2.75, 3.05) is 7.11 Å². The highest BCUT2D eigenvalue weighted by Gasteiger charge is 2.29. The lowest BCUT2D eigenvalue weighted by Gasteiger charge is -2.32. The van der Waals surface area contributed by atoms with Gasteiger partial charge < -0.3 is 19.8 Å². The number of fused-ring (bicyclic) bond motifs is 1. The van der Waals surface area contributed by atoms with Gasteiger partial charge in [-0.15, -0.1) is 0 Å². The van der Waals surface area contributed by atoms with Crippen LogP contribution in [0, 0.1) is 0 Å². The minimum absolute atomic E-state index is 0.168. The van der Waals surface area contributed by atoms with Crippen LogP contribution in [0.2, 0.25) is 0 Å². The molecule has 29 heavy (non-hydrogen) atoms. The molecular formula is C22H23N3O4. The van der Waals surface area contributed by atoms with Crippen LogP contribution in [0.1, 0.15) is 46.7 Å². The number of rotatable bonds is 5. The first kappa shape index (κ1) is 19.0. The van der Waals surface area contributed by atoms with Gasteiger partial charge in [-0.25, -0.2) is 4.98 Å². The summed E-state index contributed by atoms with van der Waals surface area (Å²) in [5.74, 6) is 0.109. The minimum Gasteiger partial charge on any atom is -0.481 e. The number of hydrogen-bond donors (Lipinski definition) is 2. The molecule has 7 nitrogen and oxygen atoms in total. The van der Waals surface area contributed by atoms with E-state index in [0.29, 0.717) is 11.5 Å².